The summed E-state index contributed by atoms with van der Waals surface area (Å²) in [4.78, 5) is 10.4. The number of rotatable bonds is 3. The Bertz CT molecular complexity index is 114. The van der Waals surface area contributed by atoms with E-state index in [1.54, 1.807) is 13.8 Å². The van der Waals surface area contributed by atoms with Crippen molar-refractivity contribution in [1.29, 1.82) is 0 Å². The first-order valence-electron chi connectivity index (χ1n) is 2.80. The number of carboxylic acids is 1. The minimum atomic E-state index is -0.734. The zero-order valence-electron chi connectivity index (χ0n) is 6.06. The molecule has 0 bridgehead atoms. The molecule has 0 unspecified atom stereocenters. The number of carboxylic acid groups (broad SMARTS) is 1. The Morgan fingerprint density at radius 3 is 2.10 bits per heavy atom. The Balaban J connectivity index is 0. The van der Waals surface area contributed by atoms with E-state index in [0.29, 0.717) is 6.42 Å². The predicted molar refractivity (Wildman–Crippen MR) is 47.1 cm³/mol. The topological polar surface area (TPSA) is 37.3 Å². The molecule has 4 heteroatoms. The Labute approximate surface area is 75.5 Å². The summed E-state index contributed by atoms with van der Waals surface area (Å²) in [5, 5.41) is 9.29. The van der Waals surface area contributed by atoms with Crippen LogP contribution in [0.5, 0.6) is 0 Å². The molecular formula is C6H12BrClO2. The lowest BCUT2D eigenvalue weighted by molar-refractivity contribution is -0.146. The number of hydrogen-bond acceptors (Lipinski definition) is 1. The highest BCUT2D eigenvalue weighted by atomic mass is 79.9. The van der Waals surface area contributed by atoms with Crippen molar-refractivity contribution in [3.63, 3.8) is 0 Å². The number of aliphatic carboxylic acids is 1. The predicted octanol–water partition coefficient (Wildman–Crippen LogP) is 2.30. The second-order valence-corrected chi connectivity index (χ2v) is 3.42. The van der Waals surface area contributed by atoms with Gasteiger partial charge >= 0.3 is 5.97 Å². The molecule has 0 heterocycles. The molecule has 0 aromatic rings. The van der Waals surface area contributed by atoms with Crippen molar-refractivity contribution >= 4 is 34.3 Å². The summed E-state index contributed by atoms with van der Waals surface area (Å²) in [7, 11) is 0. The van der Waals surface area contributed by atoms with E-state index in [9.17, 15) is 4.79 Å². The molecule has 0 aromatic carbocycles. The van der Waals surface area contributed by atoms with Crippen molar-refractivity contribution in [2.24, 2.45) is 5.41 Å². The molecule has 0 rings (SSSR count). The standard InChI is InChI=1S/C6H11BrO2.ClH/c1-6(2,3-4-7)5(8)9;/h3-4H2,1-2H3,(H,8,9);1H. The van der Waals surface area contributed by atoms with Crippen LogP contribution in [0, 0.1) is 5.41 Å². The van der Waals surface area contributed by atoms with Crippen molar-refractivity contribution in [1.82, 2.24) is 0 Å². The SMILES string of the molecule is CC(C)(CCBr)C(=O)O.Cl. The smallest absolute Gasteiger partial charge is 0.309 e. The highest BCUT2D eigenvalue weighted by Gasteiger charge is 2.25. The van der Waals surface area contributed by atoms with Crippen LogP contribution >= 0.6 is 28.3 Å². The van der Waals surface area contributed by atoms with Crippen LogP contribution < -0.4 is 0 Å². The average molecular weight is 232 g/mol. The lowest BCUT2D eigenvalue weighted by atomic mass is 9.91. The summed E-state index contributed by atoms with van der Waals surface area (Å²) in [6, 6.07) is 0. The molecule has 0 saturated heterocycles. The Hall–Kier alpha value is 0.240. The van der Waals surface area contributed by atoms with Crippen molar-refractivity contribution in [3.8, 4) is 0 Å². The molecule has 62 valence electrons. The van der Waals surface area contributed by atoms with Crippen LogP contribution in [0.3, 0.4) is 0 Å². The third kappa shape index (κ3) is 4.12. The largest absolute Gasteiger partial charge is 0.481 e. The molecular weight excluding hydrogens is 219 g/mol. The van der Waals surface area contributed by atoms with Gasteiger partial charge in [0.25, 0.3) is 0 Å². The molecule has 0 aliphatic heterocycles. The lowest BCUT2D eigenvalue weighted by Crippen LogP contribution is -2.23. The van der Waals surface area contributed by atoms with E-state index in [4.69, 9.17) is 5.11 Å². The third-order valence-corrected chi connectivity index (χ3v) is 1.69. The second-order valence-electron chi connectivity index (χ2n) is 2.63. The zero-order valence-corrected chi connectivity index (χ0v) is 8.46. The van der Waals surface area contributed by atoms with Gasteiger partial charge in [0.2, 0.25) is 0 Å². The molecule has 0 aliphatic carbocycles. The van der Waals surface area contributed by atoms with E-state index in [2.05, 4.69) is 15.9 Å². The van der Waals surface area contributed by atoms with Crippen LogP contribution in [-0.4, -0.2) is 16.4 Å². The van der Waals surface area contributed by atoms with Gasteiger partial charge in [-0.2, -0.15) is 0 Å². The van der Waals surface area contributed by atoms with E-state index < -0.39 is 11.4 Å². The fraction of sp³-hybridized carbons (Fsp3) is 0.833. The number of alkyl halides is 1. The van der Waals surface area contributed by atoms with Crippen LogP contribution in [0.4, 0.5) is 0 Å². The van der Waals surface area contributed by atoms with Gasteiger partial charge in [0.1, 0.15) is 0 Å². The van der Waals surface area contributed by atoms with E-state index in [0.717, 1.165) is 5.33 Å². The lowest BCUT2D eigenvalue weighted by Gasteiger charge is -2.16. The maximum Gasteiger partial charge on any atom is 0.309 e. The van der Waals surface area contributed by atoms with E-state index in [1.807, 2.05) is 0 Å². The van der Waals surface area contributed by atoms with Crippen molar-refractivity contribution < 1.29 is 9.90 Å². The normalized spacial score (nSPS) is 10.3. The van der Waals surface area contributed by atoms with E-state index >= 15 is 0 Å². The summed E-state index contributed by atoms with van der Waals surface area (Å²) < 4.78 is 0. The number of hydrogen-bond donors (Lipinski definition) is 1. The molecule has 0 fully saturated rings. The first kappa shape index (κ1) is 12.9. The van der Waals surface area contributed by atoms with Crippen LogP contribution in [0.25, 0.3) is 0 Å². The molecule has 0 aromatic heterocycles. The summed E-state index contributed by atoms with van der Waals surface area (Å²) >= 11 is 3.19. The van der Waals surface area contributed by atoms with Crippen LogP contribution in [0.1, 0.15) is 20.3 Å². The molecule has 0 amide bonds. The maximum absolute atomic E-state index is 10.4. The minimum Gasteiger partial charge on any atom is -0.481 e. The quantitative estimate of drug-likeness (QED) is 0.757. The van der Waals surface area contributed by atoms with Crippen LogP contribution in [-0.2, 0) is 4.79 Å². The van der Waals surface area contributed by atoms with Gasteiger partial charge in [-0.3, -0.25) is 4.79 Å². The Kier molecular flexibility index (Phi) is 6.39. The van der Waals surface area contributed by atoms with Gasteiger partial charge in [-0.15, -0.1) is 12.4 Å². The monoisotopic (exact) mass is 230 g/mol. The second kappa shape index (κ2) is 4.97. The molecule has 0 radical (unpaired) electrons. The molecule has 0 saturated carbocycles. The van der Waals surface area contributed by atoms with Gasteiger partial charge < -0.3 is 5.11 Å². The van der Waals surface area contributed by atoms with Gasteiger partial charge in [-0.25, -0.2) is 0 Å². The van der Waals surface area contributed by atoms with Crippen molar-refractivity contribution in [3.05, 3.63) is 0 Å². The highest BCUT2D eigenvalue weighted by Crippen LogP contribution is 2.20. The van der Waals surface area contributed by atoms with Gasteiger partial charge in [0.15, 0.2) is 0 Å². The maximum atomic E-state index is 10.4. The Morgan fingerprint density at radius 1 is 1.60 bits per heavy atom. The Morgan fingerprint density at radius 2 is 2.00 bits per heavy atom. The van der Waals surface area contributed by atoms with Gasteiger partial charge in [-0.05, 0) is 20.3 Å². The third-order valence-electron chi connectivity index (χ3n) is 1.30. The van der Waals surface area contributed by atoms with Gasteiger partial charge in [-0.1, -0.05) is 15.9 Å². The van der Waals surface area contributed by atoms with E-state index in [-0.39, 0.29) is 12.4 Å². The van der Waals surface area contributed by atoms with Crippen molar-refractivity contribution in [2.45, 2.75) is 20.3 Å². The first-order chi connectivity index (χ1) is 4.00. The minimum absolute atomic E-state index is 0. The molecule has 1 N–H and O–H groups in total. The summed E-state index contributed by atoms with van der Waals surface area (Å²) in [5.41, 5.74) is -0.580. The van der Waals surface area contributed by atoms with Crippen molar-refractivity contribution in [2.75, 3.05) is 5.33 Å². The fourth-order valence-corrected chi connectivity index (χ4v) is 1.33. The van der Waals surface area contributed by atoms with Crippen LogP contribution in [0.2, 0.25) is 0 Å². The van der Waals surface area contributed by atoms with Gasteiger partial charge in [0, 0.05) is 5.33 Å². The number of carbonyl (C=O) groups is 1. The fourth-order valence-electron chi connectivity index (χ4n) is 0.343. The molecule has 0 aliphatic rings. The number of halogens is 2. The molecule has 10 heavy (non-hydrogen) atoms. The zero-order chi connectivity index (χ0) is 7.49. The van der Waals surface area contributed by atoms with Gasteiger partial charge in [0.05, 0.1) is 5.41 Å². The molecule has 0 spiro atoms. The van der Waals surface area contributed by atoms with Crippen LogP contribution in [0.15, 0.2) is 0 Å². The van der Waals surface area contributed by atoms with E-state index in [1.165, 1.54) is 0 Å². The molecule has 2 nitrogen and oxygen atoms in total. The highest BCUT2D eigenvalue weighted by molar-refractivity contribution is 9.09. The average Bonchev–Trinajstić information content (AvgIpc) is 1.65. The first-order valence-corrected chi connectivity index (χ1v) is 3.92. The summed E-state index contributed by atoms with van der Waals surface area (Å²) in [6.45, 7) is 3.44. The molecule has 0 atom stereocenters. The summed E-state index contributed by atoms with van der Waals surface area (Å²) in [5.74, 6) is -0.734. The summed E-state index contributed by atoms with van der Waals surface area (Å²) in [6.07, 6.45) is 0.669.